The first-order valence-corrected chi connectivity index (χ1v) is 4.78. The summed E-state index contributed by atoms with van der Waals surface area (Å²) in [5.74, 6) is -0.729. The molecule has 0 aromatic heterocycles. The molecular formula is C9H15NO3. The lowest BCUT2D eigenvalue weighted by Crippen LogP contribution is -2.46. The van der Waals surface area contributed by atoms with Gasteiger partial charge in [-0.1, -0.05) is 0 Å². The maximum atomic E-state index is 10.6. The van der Waals surface area contributed by atoms with Crippen LogP contribution >= 0.6 is 0 Å². The summed E-state index contributed by atoms with van der Waals surface area (Å²) in [7, 11) is 0. The largest absolute Gasteiger partial charge is 0.480 e. The van der Waals surface area contributed by atoms with Gasteiger partial charge >= 0.3 is 5.97 Å². The van der Waals surface area contributed by atoms with Crippen molar-refractivity contribution in [1.82, 2.24) is 4.90 Å². The van der Waals surface area contributed by atoms with Crippen LogP contribution in [-0.2, 0) is 9.53 Å². The molecular weight excluding hydrogens is 170 g/mol. The molecule has 4 nitrogen and oxygen atoms in total. The first kappa shape index (κ1) is 8.97. The fourth-order valence-corrected chi connectivity index (χ4v) is 2.45. The van der Waals surface area contributed by atoms with Crippen molar-refractivity contribution < 1.29 is 14.6 Å². The van der Waals surface area contributed by atoms with E-state index in [0.29, 0.717) is 0 Å². The van der Waals surface area contributed by atoms with E-state index in [1.807, 2.05) is 0 Å². The van der Waals surface area contributed by atoms with Crippen molar-refractivity contribution in [1.29, 1.82) is 0 Å². The van der Waals surface area contributed by atoms with Gasteiger partial charge in [0.15, 0.2) is 0 Å². The van der Waals surface area contributed by atoms with E-state index < -0.39 is 5.97 Å². The van der Waals surface area contributed by atoms with Crippen molar-refractivity contribution in [3.05, 3.63) is 0 Å². The van der Waals surface area contributed by atoms with Crippen LogP contribution in [0.5, 0.6) is 0 Å². The maximum Gasteiger partial charge on any atom is 0.317 e. The van der Waals surface area contributed by atoms with Gasteiger partial charge in [-0.3, -0.25) is 9.69 Å². The fourth-order valence-electron chi connectivity index (χ4n) is 2.45. The summed E-state index contributed by atoms with van der Waals surface area (Å²) < 4.78 is 5.36. The Morgan fingerprint density at radius 2 is 2.38 bits per heavy atom. The molecule has 1 N–H and O–H groups in total. The molecule has 1 atom stereocenters. The highest BCUT2D eigenvalue weighted by Gasteiger charge is 2.44. The van der Waals surface area contributed by atoms with Gasteiger partial charge in [0.1, 0.15) is 0 Å². The first-order valence-electron chi connectivity index (χ1n) is 4.78. The van der Waals surface area contributed by atoms with Gasteiger partial charge in [0.05, 0.1) is 13.2 Å². The highest BCUT2D eigenvalue weighted by Crippen LogP contribution is 2.35. The van der Waals surface area contributed by atoms with Crippen LogP contribution in [0.1, 0.15) is 19.3 Å². The van der Waals surface area contributed by atoms with Crippen molar-refractivity contribution in [2.45, 2.75) is 24.8 Å². The molecule has 0 amide bonds. The van der Waals surface area contributed by atoms with E-state index in [9.17, 15) is 4.79 Å². The molecule has 2 heterocycles. The van der Waals surface area contributed by atoms with Crippen LogP contribution < -0.4 is 0 Å². The van der Waals surface area contributed by atoms with E-state index in [2.05, 4.69) is 4.90 Å². The normalized spacial score (nSPS) is 34.5. The van der Waals surface area contributed by atoms with Crippen LogP contribution in [0.4, 0.5) is 0 Å². The summed E-state index contributed by atoms with van der Waals surface area (Å²) in [6.45, 7) is 2.59. The van der Waals surface area contributed by atoms with E-state index in [1.165, 1.54) is 0 Å². The number of carboxylic acid groups (broad SMARTS) is 1. The van der Waals surface area contributed by atoms with Gasteiger partial charge in [-0.15, -0.1) is 0 Å². The molecule has 2 aliphatic rings. The molecule has 74 valence electrons. The summed E-state index contributed by atoms with van der Waals surface area (Å²) in [5, 5.41) is 8.74. The number of carboxylic acids is 1. The zero-order valence-corrected chi connectivity index (χ0v) is 7.66. The molecule has 4 heteroatoms. The Morgan fingerprint density at radius 3 is 3.00 bits per heavy atom. The molecule has 0 bridgehead atoms. The SMILES string of the molecule is O=C(O)CN1CCCC12CCOC2. The molecule has 0 aliphatic carbocycles. The maximum absolute atomic E-state index is 10.6. The molecule has 2 fully saturated rings. The average molecular weight is 185 g/mol. The van der Waals surface area contributed by atoms with Gasteiger partial charge in [-0.05, 0) is 25.8 Å². The third kappa shape index (κ3) is 1.56. The van der Waals surface area contributed by atoms with Crippen LogP contribution in [0.2, 0.25) is 0 Å². The van der Waals surface area contributed by atoms with E-state index in [0.717, 1.165) is 39.0 Å². The molecule has 2 saturated heterocycles. The van der Waals surface area contributed by atoms with Gasteiger partial charge in [-0.25, -0.2) is 0 Å². The molecule has 0 saturated carbocycles. The summed E-state index contributed by atoms with van der Waals surface area (Å²) >= 11 is 0. The first-order chi connectivity index (χ1) is 6.23. The minimum Gasteiger partial charge on any atom is -0.480 e. The fraction of sp³-hybridized carbons (Fsp3) is 0.889. The number of rotatable bonds is 2. The van der Waals surface area contributed by atoms with Crippen LogP contribution in [0, 0.1) is 0 Å². The van der Waals surface area contributed by atoms with E-state index in [4.69, 9.17) is 9.84 Å². The second kappa shape index (κ2) is 3.27. The van der Waals surface area contributed by atoms with Crippen molar-refractivity contribution in [3.8, 4) is 0 Å². The third-order valence-corrected chi connectivity index (χ3v) is 3.15. The summed E-state index contributed by atoms with van der Waals surface area (Å²) in [5.41, 5.74) is 0.0678. The highest BCUT2D eigenvalue weighted by molar-refractivity contribution is 5.69. The Morgan fingerprint density at radius 1 is 1.54 bits per heavy atom. The number of nitrogens with zero attached hydrogens (tertiary/aromatic N) is 1. The number of hydrogen-bond acceptors (Lipinski definition) is 3. The second-order valence-corrected chi connectivity index (χ2v) is 3.95. The lowest BCUT2D eigenvalue weighted by atomic mass is 9.95. The lowest BCUT2D eigenvalue weighted by Gasteiger charge is -2.32. The molecule has 2 rings (SSSR count). The number of aliphatic carboxylic acids is 1. The molecule has 1 spiro atoms. The summed E-state index contributed by atoms with van der Waals surface area (Å²) in [6.07, 6.45) is 3.21. The van der Waals surface area contributed by atoms with Crippen molar-refractivity contribution in [2.24, 2.45) is 0 Å². The number of ether oxygens (including phenoxy) is 1. The topological polar surface area (TPSA) is 49.8 Å². The number of likely N-dealkylation sites (tertiary alicyclic amines) is 1. The Labute approximate surface area is 77.5 Å². The molecule has 1 unspecified atom stereocenters. The highest BCUT2D eigenvalue weighted by atomic mass is 16.5. The van der Waals surface area contributed by atoms with Gasteiger partial charge < -0.3 is 9.84 Å². The monoisotopic (exact) mass is 185 g/mol. The smallest absolute Gasteiger partial charge is 0.317 e. The standard InChI is InChI=1S/C9H15NO3/c11-8(12)6-10-4-1-2-9(10)3-5-13-7-9/h1-7H2,(H,11,12). The molecule has 13 heavy (non-hydrogen) atoms. The minimum atomic E-state index is -0.729. The predicted molar refractivity (Wildman–Crippen MR) is 46.6 cm³/mol. The summed E-state index contributed by atoms with van der Waals surface area (Å²) in [4.78, 5) is 12.7. The Hall–Kier alpha value is -0.610. The van der Waals surface area contributed by atoms with Gasteiger partial charge in [0.25, 0.3) is 0 Å². The van der Waals surface area contributed by atoms with Crippen LogP contribution in [-0.4, -0.2) is 47.8 Å². The predicted octanol–water partition coefficient (Wildman–Crippen LogP) is 0.326. The van der Waals surface area contributed by atoms with E-state index >= 15 is 0 Å². The Bertz CT molecular complexity index is 205. The average Bonchev–Trinajstić information content (AvgIpc) is 2.64. The van der Waals surface area contributed by atoms with Crippen LogP contribution in [0.15, 0.2) is 0 Å². The molecule has 2 aliphatic heterocycles. The second-order valence-electron chi connectivity index (χ2n) is 3.95. The van der Waals surface area contributed by atoms with Crippen molar-refractivity contribution in [3.63, 3.8) is 0 Å². The van der Waals surface area contributed by atoms with E-state index in [-0.39, 0.29) is 12.1 Å². The molecule has 0 aromatic rings. The summed E-state index contributed by atoms with van der Waals surface area (Å²) in [6, 6.07) is 0. The van der Waals surface area contributed by atoms with Gasteiger partial charge in [0, 0.05) is 12.1 Å². The quantitative estimate of drug-likeness (QED) is 0.673. The molecule has 0 aromatic carbocycles. The zero-order chi connectivity index (χ0) is 9.31. The minimum absolute atomic E-state index is 0.0678. The van der Waals surface area contributed by atoms with Crippen LogP contribution in [0.3, 0.4) is 0 Å². The lowest BCUT2D eigenvalue weighted by molar-refractivity contribution is -0.139. The third-order valence-electron chi connectivity index (χ3n) is 3.15. The van der Waals surface area contributed by atoms with Crippen LogP contribution in [0.25, 0.3) is 0 Å². The van der Waals surface area contributed by atoms with Crippen molar-refractivity contribution in [2.75, 3.05) is 26.3 Å². The van der Waals surface area contributed by atoms with Crippen molar-refractivity contribution >= 4 is 5.97 Å². The molecule has 0 radical (unpaired) electrons. The Kier molecular flexibility index (Phi) is 2.26. The van der Waals surface area contributed by atoms with Gasteiger partial charge in [0.2, 0.25) is 0 Å². The van der Waals surface area contributed by atoms with E-state index in [1.54, 1.807) is 0 Å². The zero-order valence-electron chi connectivity index (χ0n) is 7.66. The van der Waals surface area contributed by atoms with Gasteiger partial charge in [-0.2, -0.15) is 0 Å². The Balaban J connectivity index is 2.04. The number of hydrogen-bond donors (Lipinski definition) is 1. The number of carbonyl (C=O) groups is 1.